The lowest BCUT2D eigenvalue weighted by Gasteiger charge is -2.32. The second kappa shape index (κ2) is 10.5. The number of thioether (sulfide) groups is 1. The summed E-state index contributed by atoms with van der Waals surface area (Å²) in [7, 11) is 0. The van der Waals surface area contributed by atoms with E-state index < -0.39 is 0 Å². The van der Waals surface area contributed by atoms with Gasteiger partial charge in [-0.1, -0.05) is 30.3 Å². The molecule has 1 atom stereocenters. The first kappa shape index (κ1) is 19.8. The summed E-state index contributed by atoms with van der Waals surface area (Å²) in [4.78, 5) is 2.34. The molecule has 1 N–H and O–H groups in total. The van der Waals surface area contributed by atoms with Gasteiger partial charge in [-0.2, -0.15) is 11.8 Å². The summed E-state index contributed by atoms with van der Waals surface area (Å²) >= 11 is 1.80. The Balaban J connectivity index is 0.00000361. The van der Waals surface area contributed by atoms with Crippen LogP contribution in [0.4, 0.5) is 0 Å². The lowest BCUT2D eigenvalue weighted by Crippen LogP contribution is -2.42. The Hall–Kier alpha value is -0.220. The Morgan fingerprint density at radius 1 is 1.05 bits per heavy atom. The van der Waals surface area contributed by atoms with Crippen LogP contribution >= 0.6 is 24.2 Å². The second-order valence-electron chi connectivity index (χ2n) is 5.54. The van der Waals surface area contributed by atoms with E-state index in [1.807, 2.05) is 6.07 Å². The minimum atomic E-state index is -0.251. The van der Waals surface area contributed by atoms with E-state index in [0.717, 1.165) is 18.1 Å². The lowest BCUT2D eigenvalue weighted by atomic mass is 10.2. The van der Waals surface area contributed by atoms with Crippen molar-refractivity contribution in [1.82, 2.24) is 4.90 Å². The van der Waals surface area contributed by atoms with Crippen LogP contribution in [0.5, 0.6) is 0 Å². The molecule has 1 aromatic rings. The smallest absolute Gasteiger partial charge is 0.0757 e. The maximum Gasteiger partial charge on any atom is 0.0757 e. The van der Waals surface area contributed by atoms with Crippen molar-refractivity contribution < 1.29 is 5.11 Å². The third kappa shape index (κ3) is 7.53. The monoisotopic (exact) mass is 317 g/mol. The molecule has 4 heteroatoms. The molecule has 2 nitrogen and oxygen atoms in total. The third-order valence-electron chi connectivity index (χ3n) is 3.17. The summed E-state index contributed by atoms with van der Waals surface area (Å²) in [5.41, 5.74) is 1.32. The zero-order valence-corrected chi connectivity index (χ0v) is 14.6. The highest BCUT2D eigenvalue weighted by atomic mass is 35.5. The number of aliphatic hydroxyl groups excluding tert-OH is 1. The van der Waals surface area contributed by atoms with Gasteiger partial charge >= 0.3 is 0 Å². The summed E-state index contributed by atoms with van der Waals surface area (Å²) in [6.07, 6.45) is -0.251. The number of nitrogens with zero attached hydrogens (tertiary/aromatic N) is 1. The van der Waals surface area contributed by atoms with E-state index in [1.165, 1.54) is 5.56 Å². The molecule has 0 aliphatic heterocycles. The first-order valence-electron chi connectivity index (χ1n) is 7.06. The zero-order chi connectivity index (χ0) is 14.3. The molecule has 0 spiro atoms. The quantitative estimate of drug-likeness (QED) is 0.788. The largest absolute Gasteiger partial charge is 0.391 e. The third-order valence-corrected chi connectivity index (χ3v) is 4.33. The SMILES string of the molecule is CC(C)N(CC(O)CSCc1ccccc1)C(C)C.Cl. The van der Waals surface area contributed by atoms with Gasteiger partial charge in [-0.05, 0) is 33.3 Å². The number of halogens is 1. The van der Waals surface area contributed by atoms with Crippen LogP contribution in [0.15, 0.2) is 30.3 Å². The summed E-state index contributed by atoms with van der Waals surface area (Å²) in [6, 6.07) is 11.4. The van der Waals surface area contributed by atoms with Crippen molar-refractivity contribution in [2.75, 3.05) is 12.3 Å². The Kier molecular flexibility index (Phi) is 10.4. The average molecular weight is 318 g/mol. The molecule has 0 saturated carbocycles. The van der Waals surface area contributed by atoms with E-state index in [1.54, 1.807) is 11.8 Å². The van der Waals surface area contributed by atoms with Crippen molar-refractivity contribution in [2.24, 2.45) is 0 Å². The van der Waals surface area contributed by atoms with Gasteiger partial charge in [-0.3, -0.25) is 4.90 Å². The molecule has 0 heterocycles. The maximum absolute atomic E-state index is 10.1. The van der Waals surface area contributed by atoms with Crippen molar-refractivity contribution in [2.45, 2.75) is 51.6 Å². The Morgan fingerprint density at radius 3 is 2.10 bits per heavy atom. The van der Waals surface area contributed by atoms with Gasteiger partial charge in [-0.15, -0.1) is 12.4 Å². The summed E-state index contributed by atoms with van der Waals surface area (Å²) in [5.74, 6) is 1.77. The molecular weight excluding hydrogens is 290 g/mol. The molecule has 20 heavy (non-hydrogen) atoms. The summed E-state index contributed by atoms with van der Waals surface area (Å²) in [6.45, 7) is 9.50. The van der Waals surface area contributed by atoms with E-state index in [2.05, 4.69) is 56.9 Å². The Morgan fingerprint density at radius 2 is 1.60 bits per heavy atom. The van der Waals surface area contributed by atoms with Crippen molar-refractivity contribution >= 4 is 24.2 Å². The van der Waals surface area contributed by atoms with Gasteiger partial charge in [0.2, 0.25) is 0 Å². The first-order chi connectivity index (χ1) is 9.00. The maximum atomic E-state index is 10.1. The minimum absolute atomic E-state index is 0. The van der Waals surface area contributed by atoms with E-state index in [-0.39, 0.29) is 18.5 Å². The first-order valence-corrected chi connectivity index (χ1v) is 8.21. The Labute approximate surface area is 134 Å². The fourth-order valence-electron chi connectivity index (χ4n) is 2.20. The van der Waals surface area contributed by atoms with Gasteiger partial charge in [0.25, 0.3) is 0 Å². The van der Waals surface area contributed by atoms with Gasteiger partial charge in [0.1, 0.15) is 0 Å². The lowest BCUT2D eigenvalue weighted by molar-refractivity contribution is 0.0887. The van der Waals surface area contributed by atoms with Gasteiger partial charge in [-0.25, -0.2) is 0 Å². The molecule has 116 valence electrons. The van der Waals surface area contributed by atoms with E-state index in [0.29, 0.717) is 12.1 Å². The van der Waals surface area contributed by atoms with Crippen molar-refractivity contribution in [1.29, 1.82) is 0 Å². The fourth-order valence-corrected chi connectivity index (χ4v) is 3.12. The fraction of sp³-hybridized carbons (Fsp3) is 0.625. The summed E-state index contributed by atoms with van der Waals surface area (Å²) in [5, 5.41) is 10.1. The van der Waals surface area contributed by atoms with E-state index >= 15 is 0 Å². The van der Waals surface area contributed by atoms with Crippen molar-refractivity contribution in [3.63, 3.8) is 0 Å². The van der Waals surface area contributed by atoms with Crippen LogP contribution < -0.4 is 0 Å². The van der Waals surface area contributed by atoms with Crippen LogP contribution in [0.2, 0.25) is 0 Å². The molecule has 0 bridgehead atoms. The standard InChI is InChI=1S/C16H27NOS.ClH/c1-13(2)17(14(3)4)10-16(18)12-19-11-15-8-6-5-7-9-15;/h5-9,13-14,16,18H,10-12H2,1-4H3;1H. The van der Waals surface area contributed by atoms with Crippen LogP contribution in [-0.2, 0) is 5.75 Å². The number of benzene rings is 1. The molecule has 0 fully saturated rings. The van der Waals surface area contributed by atoms with Gasteiger partial charge in [0, 0.05) is 30.1 Å². The number of aliphatic hydroxyl groups is 1. The highest BCUT2D eigenvalue weighted by molar-refractivity contribution is 7.98. The van der Waals surface area contributed by atoms with Crippen LogP contribution in [-0.4, -0.2) is 40.5 Å². The molecule has 0 aromatic heterocycles. The molecule has 1 unspecified atom stereocenters. The predicted octanol–water partition coefficient (Wildman–Crippen LogP) is 3.82. The number of hydrogen-bond acceptors (Lipinski definition) is 3. The molecule has 1 aromatic carbocycles. The van der Waals surface area contributed by atoms with Gasteiger partial charge in [0.15, 0.2) is 0 Å². The van der Waals surface area contributed by atoms with E-state index in [4.69, 9.17) is 0 Å². The number of hydrogen-bond donors (Lipinski definition) is 1. The molecule has 0 aliphatic carbocycles. The highest BCUT2D eigenvalue weighted by Crippen LogP contribution is 2.14. The second-order valence-corrected chi connectivity index (χ2v) is 6.57. The van der Waals surface area contributed by atoms with Crippen LogP contribution in [0.1, 0.15) is 33.3 Å². The average Bonchev–Trinajstić information content (AvgIpc) is 2.36. The van der Waals surface area contributed by atoms with Gasteiger partial charge < -0.3 is 5.11 Å². The van der Waals surface area contributed by atoms with Crippen LogP contribution in [0, 0.1) is 0 Å². The van der Waals surface area contributed by atoms with E-state index in [9.17, 15) is 5.11 Å². The molecule has 0 radical (unpaired) electrons. The Bertz CT molecular complexity index is 338. The molecule has 1 rings (SSSR count). The molecule has 0 saturated heterocycles. The van der Waals surface area contributed by atoms with Crippen molar-refractivity contribution in [3.8, 4) is 0 Å². The predicted molar refractivity (Wildman–Crippen MR) is 92.8 cm³/mol. The number of rotatable bonds is 8. The van der Waals surface area contributed by atoms with Crippen LogP contribution in [0.3, 0.4) is 0 Å². The molecule has 0 aliphatic rings. The normalized spacial score (nSPS) is 12.8. The topological polar surface area (TPSA) is 23.5 Å². The molecule has 0 amide bonds. The zero-order valence-electron chi connectivity index (χ0n) is 13.0. The highest BCUT2D eigenvalue weighted by Gasteiger charge is 2.17. The van der Waals surface area contributed by atoms with Crippen molar-refractivity contribution in [3.05, 3.63) is 35.9 Å². The minimum Gasteiger partial charge on any atom is -0.391 e. The van der Waals surface area contributed by atoms with Crippen LogP contribution in [0.25, 0.3) is 0 Å². The summed E-state index contributed by atoms with van der Waals surface area (Å²) < 4.78 is 0. The molecular formula is C16H28ClNOS. The van der Waals surface area contributed by atoms with Gasteiger partial charge in [0.05, 0.1) is 6.10 Å².